The minimum absolute atomic E-state index is 0.120. The van der Waals surface area contributed by atoms with E-state index in [0.29, 0.717) is 6.61 Å². The molecule has 0 spiro atoms. The molecule has 1 aromatic carbocycles. The van der Waals surface area contributed by atoms with Crippen LogP contribution in [-0.2, 0) is 0 Å². The molecule has 0 bridgehead atoms. The third-order valence-corrected chi connectivity index (χ3v) is 3.35. The van der Waals surface area contributed by atoms with E-state index in [0.717, 1.165) is 49.5 Å². The summed E-state index contributed by atoms with van der Waals surface area (Å²) in [6.45, 7) is 8.07. The predicted octanol–water partition coefficient (Wildman–Crippen LogP) is 1.83. The largest absolute Gasteiger partial charge is 0.494 e. The van der Waals surface area contributed by atoms with Crippen LogP contribution >= 0.6 is 0 Å². The van der Waals surface area contributed by atoms with Gasteiger partial charge in [0, 0.05) is 25.2 Å². The molecular weight excluding hydrogens is 240 g/mol. The smallest absolute Gasteiger partial charge is 0.253 e. The highest BCUT2D eigenvalue weighted by atomic mass is 16.5. The topological polar surface area (TPSA) is 41.6 Å². The number of nitrogens with one attached hydrogen (secondary N) is 1. The van der Waals surface area contributed by atoms with Crippen molar-refractivity contribution < 1.29 is 9.53 Å². The van der Waals surface area contributed by atoms with E-state index in [4.69, 9.17) is 4.74 Å². The number of carbonyl (C=O) groups is 1. The van der Waals surface area contributed by atoms with Crippen LogP contribution in [0.25, 0.3) is 0 Å². The molecule has 0 radical (unpaired) electrons. The normalized spacial score (nSPS) is 16.0. The maximum Gasteiger partial charge on any atom is 0.253 e. The third kappa shape index (κ3) is 3.47. The quantitative estimate of drug-likeness (QED) is 0.903. The van der Waals surface area contributed by atoms with Crippen LogP contribution < -0.4 is 10.1 Å². The molecular formula is C15H22N2O2. The van der Waals surface area contributed by atoms with Gasteiger partial charge in [-0.3, -0.25) is 4.79 Å². The highest BCUT2D eigenvalue weighted by Crippen LogP contribution is 2.20. The van der Waals surface area contributed by atoms with E-state index in [1.807, 2.05) is 36.9 Å². The molecule has 0 unspecified atom stereocenters. The zero-order valence-corrected chi connectivity index (χ0v) is 11.7. The lowest BCUT2D eigenvalue weighted by atomic mass is 10.1. The number of hydrogen-bond acceptors (Lipinski definition) is 3. The minimum atomic E-state index is 0.120. The number of carbonyl (C=O) groups excluding carboxylic acids is 1. The molecule has 0 aromatic heterocycles. The zero-order chi connectivity index (χ0) is 13.7. The summed E-state index contributed by atoms with van der Waals surface area (Å²) in [5.41, 5.74) is 1.77. The number of aryl methyl sites for hydroxylation is 1. The summed E-state index contributed by atoms with van der Waals surface area (Å²) in [5.74, 6) is 0.978. The molecule has 1 aliphatic rings. The SMILES string of the molecule is CCOc1ccc(C(=O)N2CCCNCC2)cc1C. The van der Waals surface area contributed by atoms with E-state index < -0.39 is 0 Å². The fourth-order valence-corrected chi connectivity index (χ4v) is 2.33. The number of ether oxygens (including phenoxy) is 1. The average molecular weight is 262 g/mol. The molecule has 104 valence electrons. The Kier molecular flexibility index (Phi) is 4.80. The third-order valence-electron chi connectivity index (χ3n) is 3.35. The van der Waals surface area contributed by atoms with Gasteiger partial charge in [-0.05, 0) is 50.6 Å². The predicted molar refractivity (Wildman–Crippen MR) is 75.7 cm³/mol. The Hall–Kier alpha value is -1.55. The summed E-state index contributed by atoms with van der Waals surface area (Å²) in [7, 11) is 0. The molecule has 1 aromatic rings. The molecule has 1 saturated heterocycles. The Morgan fingerprint density at radius 3 is 2.95 bits per heavy atom. The van der Waals surface area contributed by atoms with E-state index in [1.54, 1.807) is 0 Å². The van der Waals surface area contributed by atoms with Gasteiger partial charge in [0.1, 0.15) is 5.75 Å². The number of rotatable bonds is 3. The highest BCUT2D eigenvalue weighted by molar-refractivity contribution is 5.94. The van der Waals surface area contributed by atoms with Crippen molar-refractivity contribution in [2.75, 3.05) is 32.8 Å². The summed E-state index contributed by atoms with van der Waals surface area (Å²) in [6, 6.07) is 5.67. The van der Waals surface area contributed by atoms with Crippen LogP contribution in [0.2, 0.25) is 0 Å². The molecule has 1 amide bonds. The van der Waals surface area contributed by atoms with Crippen molar-refractivity contribution >= 4 is 5.91 Å². The standard InChI is InChI=1S/C15H22N2O2/c1-3-19-14-6-5-13(11-12(14)2)15(18)17-9-4-7-16-8-10-17/h5-6,11,16H,3-4,7-10H2,1-2H3. The van der Waals surface area contributed by atoms with E-state index in [2.05, 4.69) is 5.32 Å². The molecule has 4 nitrogen and oxygen atoms in total. The second kappa shape index (κ2) is 6.57. The highest BCUT2D eigenvalue weighted by Gasteiger charge is 2.17. The summed E-state index contributed by atoms with van der Waals surface area (Å²) < 4.78 is 5.50. The van der Waals surface area contributed by atoms with Gasteiger partial charge in [0.15, 0.2) is 0 Å². The lowest BCUT2D eigenvalue weighted by molar-refractivity contribution is 0.0766. The van der Waals surface area contributed by atoms with Crippen molar-refractivity contribution in [3.63, 3.8) is 0 Å². The first-order chi connectivity index (χ1) is 9.22. The van der Waals surface area contributed by atoms with Crippen molar-refractivity contribution in [1.82, 2.24) is 10.2 Å². The summed E-state index contributed by atoms with van der Waals surface area (Å²) >= 11 is 0. The van der Waals surface area contributed by atoms with Gasteiger partial charge in [-0.25, -0.2) is 0 Å². The summed E-state index contributed by atoms with van der Waals surface area (Å²) in [6.07, 6.45) is 1.02. The van der Waals surface area contributed by atoms with Crippen LogP contribution in [0.5, 0.6) is 5.75 Å². The Morgan fingerprint density at radius 1 is 1.37 bits per heavy atom. The van der Waals surface area contributed by atoms with E-state index in [9.17, 15) is 4.79 Å². The maximum absolute atomic E-state index is 12.4. The maximum atomic E-state index is 12.4. The molecule has 1 heterocycles. The molecule has 1 N–H and O–H groups in total. The molecule has 1 fully saturated rings. The van der Waals surface area contributed by atoms with Crippen LogP contribution in [0, 0.1) is 6.92 Å². The molecule has 0 aliphatic carbocycles. The van der Waals surface area contributed by atoms with Gasteiger partial charge in [-0.2, -0.15) is 0 Å². The molecule has 19 heavy (non-hydrogen) atoms. The first kappa shape index (κ1) is 13.9. The summed E-state index contributed by atoms with van der Waals surface area (Å²) in [5, 5.41) is 3.31. The van der Waals surface area contributed by atoms with Gasteiger partial charge in [0.25, 0.3) is 5.91 Å². The van der Waals surface area contributed by atoms with Crippen molar-refractivity contribution in [2.45, 2.75) is 20.3 Å². The van der Waals surface area contributed by atoms with Gasteiger partial charge in [-0.15, -0.1) is 0 Å². The number of benzene rings is 1. The summed E-state index contributed by atoms with van der Waals surface area (Å²) in [4.78, 5) is 14.4. The van der Waals surface area contributed by atoms with E-state index in [-0.39, 0.29) is 5.91 Å². The Morgan fingerprint density at radius 2 is 2.21 bits per heavy atom. The van der Waals surface area contributed by atoms with Crippen molar-refractivity contribution in [3.8, 4) is 5.75 Å². The number of hydrogen-bond donors (Lipinski definition) is 1. The van der Waals surface area contributed by atoms with Gasteiger partial charge in [0.2, 0.25) is 0 Å². The minimum Gasteiger partial charge on any atom is -0.494 e. The molecule has 0 saturated carbocycles. The van der Waals surface area contributed by atoms with Crippen LogP contribution in [0.1, 0.15) is 29.3 Å². The lowest BCUT2D eigenvalue weighted by Crippen LogP contribution is -2.34. The van der Waals surface area contributed by atoms with Gasteiger partial charge in [-0.1, -0.05) is 0 Å². The van der Waals surface area contributed by atoms with Crippen molar-refractivity contribution in [1.29, 1.82) is 0 Å². The Labute approximate surface area is 114 Å². The van der Waals surface area contributed by atoms with Gasteiger partial charge < -0.3 is 15.0 Å². The monoisotopic (exact) mass is 262 g/mol. The first-order valence-electron chi connectivity index (χ1n) is 6.96. The second-order valence-electron chi connectivity index (χ2n) is 4.81. The molecule has 1 aliphatic heterocycles. The number of nitrogens with zero attached hydrogens (tertiary/aromatic N) is 1. The first-order valence-corrected chi connectivity index (χ1v) is 6.96. The zero-order valence-electron chi connectivity index (χ0n) is 11.7. The molecule has 2 rings (SSSR count). The van der Waals surface area contributed by atoms with Gasteiger partial charge in [0.05, 0.1) is 6.61 Å². The lowest BCUT2D eigenvalue weighted by Gasteiger charge is -2.20. The van der Waals surface area contributed by atoms with Crippen molar-refractivity contribution in [3.05, 3.63) is 29.3 Å². The average Bonchev–Trinajstić information content (AvgIpc) is 2.69. The van der Waals surface area contributed by atoms with E-state index in [1.165, 1.54) is 0 Å². The fraction of sp³-hybridized carbons (Fsp3) is 0.533. The fourth-order valence-electron chi connectivity index (χ4n) is 2.33. The van der Waals surface area contributed by atoms with Gasteiger partial charge >= 0.3 is 0 Å². The van der Waals surface area contributed by atoms with Crippen LogP contribution in [0.4, 0.5) is 0 Å². The number of amides is 1. The van der Waals surface area contributed by atoms with Crippen molar-refractivity contribution in [2.24, 2.45) is 0 Å². The molecule has 0 atom stereocenters. The van der Waals surface area contributed by atoms with E-state index >= 15 is 0 Å². The van der Waals surface area contributed by atoms with Crippen LogP contribution in [-0.4, -0.2) is 43.6 Å². The Bertz CT molecular complexity index is 438. The Balaban J connectivity index is 2.12. The van der Waals surface area contributed by atoms with Crippen LogP contribution in [0.3, 0.4) is 0 Å². The second-order valence-corrected chi connectivity index (χ2v) is 4.81. The van der Waals surface area contributed by atoms with Crippen LogP contribution in [0.15, 0.2) is 18.2 Å². The molecule has 4 heteroatoms.